The fourth-order valence-electron chi connectivity index (χ4n) is 4.17. The lowest BCUT2D eigenvalue weighted by Crippen LogP contribution is -2.40. The lowest BCUT2D eigenvalue weighted by Gasteiger charge is -2.39. The van der Waals surface area contributed by atoms with Gasteiger partial charge in [-0.25, -0.2) is 9.18 Å². The summed E-state index contributed by atoms with van der Waals surface area (Å²) >= 11 is 0. The van der Waals surface area contributed by atoms with Gasteiger partial charge in [-0.1, -0.05) is 0 Å². The van der Waals surface area contributed by atoms with Crippen LogP contribution in [0.4, 0.5) is 4.39 Å². The highest BCUT2D eigenvalue weighted by molar-refractivity contribution is 5.90. The summed E-state index contributed by atoms with van der Waals surface area (Å²) in [7, 11) is 0. The lowest BCUT2D eigenvalue weighted by atomic mass is 9.90. The van der Waals surface area contributed by atoms with Crippen LogP contribution in [-0.4, -0.2) is 74.2 Å². The number of carbonyl (C=O) groups is 1. The van der Waals surface area contributed by atoms with Gasteiger partial charge < -0.3 is 60.4 Å². The Labute approximate surface area is 225 Å². The molecule has 0 spiro atoms. The topological polar surface area (TPSA) is 222 Å². The number of esters is 1. The minimum absolute atomic E-state index is 0.0336. The maximum absolute atomic E-state index is 14.1. The Morgan fingerprint density at radius 2 is 1.52 bits per heavy atom. The van der Waals surface area contributed by atoms with Gasteiger partial charge in [-0.05, 0) is 24.3 Å². The van der Waals surface area contributed by atoms with Crippen molar-refractivity contribution in [3.05, 3.63) is 58.9 Å². The minimum atomic E-state index is -1.53. The van der Waals surface area contributed by atoms with Crippen molar-refractivity contribution in [2.24, 2.45) is 5.73 Å². The fourth-order valence-corrected chi connectivity index (χ4v) is 4.17. The molecule has 3 aromatic carbocycles. The quantitative estimate of drug-likeness (QED) is 0.106. The van der Waals surface area contributed by atoms with E-state index < -0.39 is 70.2 Å². The van der Waals surface area contributed by atoms with E-state index in [1.54, 1.807) is 0 Å². The van der Waals surface area contributed by atoms with Gasteiger partial charge in [0.05, 0.1) is 30.9 Å². The molecule has 0 saturated heterocycles. The van der Waals surface area contributed by atoms with Gasteiger partial charge >= 0.3 is 5.97 Å². The molecular weight excluding hydrogens is 537 g/mol. The summed E-state index contributed by atoms with van der Waals surface area (Å²) in [5, 5.41) is 70.1. The maximum Gasteiger partial charge on any atom is 0.338 e. The number of ether oxygens (including phenoxy) is 4. The van der Waals surface area contributed by atoms with E-state index in [1.807, 2.05) is 0 Å². The molecule has 0 aromatic heterocycles. The van der Waals surface area contributed by atoms with Gasteiger partial charge in [0.2, 0.25) is 0 Å². The second-order valence-corrected chi connectivity index (χ2v) is 8.71. The highest BCUT2D eigenvalue weighted by Gasteiger charge is 2.45. The van der Waals surface area contributed by atoms with Crippen LogP contribution in [-0.2, 0) is 14.2 Å². The molecule has 1 heterocycles. The number of hydrogen-bond acceptors (Lipinski definition) is 13. The summed E-state index contributed by atoms with van der Waals surface area (Å²) in [5.74, 6) is -7.84. The van der Waals surface area contributed by atoms with Gasteiger partial charge in [-0.15, -0.1) is 0 Å². The first kappa shape index (κ1) is 28.4. The van der Waals surface area contributed by atoms with E-state index in [4.69, 9.17) is 24.7 Å². The van der Waals surface area contributed by atoms with Crippen LogP contribution in [0.5, 0.6) is 46.0 Å². The molecule has 214 valence electrons. The van der Waals surface area contributed by atoms with Crippen LogP contribution in [0.3, 0.4) is 0 Å². The van der Waals surface area contributed by atoms with Crippen molar-refractivity contribution in [3.8, 4) is 46.0 Å². The van der Waals surface area contributed by atoms with E-state index in [2.05, 4.69) is 0 Å². The first-order valence-corrected chi connectivity index (χ1v) is 11.8. The average molecular weight is 563 g/mol. The highest BCUT2D eigenvalue weighted by atomic mass is 19.1. The Balaban J connectivity index is 1.81. The average Bonchev–Trinajstić information content (AvgIpc) is 2.89. The number of benzene rings is 3. The largest absolute Gasteiger partial charge is 0.508 e. The first-order valence-electron chi connectivity index (χ1n) is 11.8. The molecule has 9 N–H and O–H groups in total. The third-order valence-corrected chi connectivity index (χ3v) is 5.97. The van der Waals surface area contributed by atoms with Crippen molar-refractivity contribution in [1.82, 2.24) is 0 Å². The van der Waals surface area contributed by atoms with Crippen LogP contribution in [0.1, 0.15) is 33.7 Å². The number of aromatic hydroxyl groups is 7. The number of halogens is 1. The second-order valence-electron chi connectivity index (χ2n) is 8.71. The van der Waals surface area contributed by atoms with Crippen molar-refractivity contribution in [2.45, 2.75) is 18.3 Å². The minimum Gasteiger partial charge on any atom is -0.508 e. The molecule has 13 nitrogen and oxygen atoms in total. The van der Waals surface area contributed by atoms with Crippen molar-refractivity contribution < 1.29 is 63.9 Å². The molecule has 0 fully saturated rings. The SMILES string of the molecule is NCCOCCOC1c2c(O)cc(O)cc2OC(c2cc(O)c(O)c(O)c2)C1OC(=O)c1cc(O)c(O)c(F)c1. The van der Waals surface area contributed by atoms with Gasteiger partial charge in [-0.3, -0.25) is 0 Å². The summed E-state index contributed by atoms with van der Waals surface area (Å²) in [6.07, 6.45) is -4.29. The molecule has 3 unspecified atom stereocenters. The van der Waals surface area contributed by atoms with E-state index in [0.29, 0.717) is 6.07 Å². The molecule has 0 radical (unpaired) electrons. The van der Waals surface area contributed by atoms with E-state index in [-0.39, 0.29) is 49.0 Å². The Morgan fingerprint density at radius 1 is 0.850 bits per heavy atom. The molecule has 1 aliphatic rings. The monoisotopic (exact) mass is 563 g/mol. The normalized spacial score (nSPS) is 18.1. The third kappa shape index (κ3) is 5.68. The molecule has 0 bridgehead atoms. The summed E-state index contributed by atoms with van der Waals surface area (Å²) < 4.78 is 36.8. The molecule has 0 saturated carbocycles. The second kappa shape index (κ2) is 11.6. The van der Waals surface area contributed by atoms with Crippen LogP contribution in [0.15, 0.2) is 36.4 Å². The number of rotatable bonds is 9. The van der Waals surface area contributed by atoms with Gasteiger partial charge in [0, 0.05) is 24.2 Å². The molecule has 4 rings (SSSR count). The Hall–Kier alpha value is -4.66. The van der Waals surface area contributed by atoms with Crippen LogP contribution in [0, 0.1) is 5.82 Å². The molecule has 40 heavy (non-hydrogen) atoms. The summed E-state index contributed by atoms with van der Waals surface area (Å²) in [4.78, 5) is 13.1. The number of carbonyl (C=O) groups excluding carboxylic acids is 1. The molecular formula is C26H26FNO12. The number of fused-ring (bicyclic) bond motifs is 1. The van der Waals surface area contributed by atoms with Crippen molar-refractivity contribution in [2.75, 3.05) is 26.4 Å². The van der Waals surface area contributed by atoms with Gasteiger partial charge in [0.15, 0.2) is 46.8 Å². The molecule has 3 aromatic rings. The molecule has 14 heteroatoms. The van der Waals surface area contributed by atoms with Crippen LogP contribution in [0.25, 0.3) is 0 Å². The summed E-state index contributed by atoms with van der Waals surface area (Å²) in [6, 6.07) is 5.55. The highest BCUT2D eigenvalue weighted by Crippen LogP contribution is 2.51. The van der Waals surface area contributed by atoms with Crippen molar-refractivity contribution in [3.63, 3.8) is 0 Å². The van der Waals surface area contributed by atoms with Crippen LogP contribution < -0.4 is 10.5 Å². The van der Waals surface area contributed by atoms with Crippen LogP contribution >= 0.6 is 0 Å². The third-order valence-electron chi connectivity index (χ3n) is 5.97. The number of nitrogens with two attached hydrogens (primary N) is 1. The van der Waals surface area contributed by atoms with Gasteiger partial charge in [0.1, 0.15) is 23.4 Å². The zero-order valence-corrected chi connectivity index (χ0v) is 20.7. The number of phenols is 7. The molecule has 0 aliphatic carbocycles. The van der Waals surface area contributed by atoms with E-state index in [1.165, 1.54) is 0 Å². The lowest BCUT2D eigenvalue weighted by molar-refractivity contribution is -0.117. The standard InChI is InChI=1S/C26H26FNO12/c27-14-5-12(8-16(31)21(14)34)26(36)40-25-23(11-6-17(32)22(35)18(33)7-11)39-19-10-13(29)9-15(30)20(19)24(25)38-4-3-37-2-1-28/h5-10,23-25,29-35H,1-4,28H2. The van der Waals surface area contributed by atoms with Crippen molar-refractivity contribution >= 4 is 5.97 Å². The maximum atomic E-state index is 14.1. The van der Waals surface area contributed by atoms with E-state index in [9.17, 15) is 44.9 Å². The molecule has 3 atom stereocenters. The van der Waals surface area contributed by atoms with Crippen LogP contribution in [0.2, 0.25) is 0 Å². The zero-order chi connectivity index (χ0) is 29.1. The predicted octanol–water partition coefficient (Wildman–Crippen LogP) is 2.16. The predicted molar refractivity (Wildman–Crippen MR) is 132 cm³/mol. The van der Waals surface area contributed by atoms with E-state index in [0.717, 1.165) is 30.3 Å². The Morgan fingerprint density at radius 3 is 2.17 bits per heavy atom. The summed E-state index contributed by atoms with van der Waals surface area (Å²) in [5.41, 5.74) is 4.83. The first-order chi connectivity index (χ1) is 19.0. The number of hydrogen-bond donors (Lipinski definition) is 8. The Kier molecular flexibility index (Phi) is 8.23. The smallest absolute Gasteiger partial charge is 0.338 e. The fraction of sp³-hybridized carbons (Fsp3) is 0.269. The summed E-state index contributed by atoms with van der Waals surface area (Å²) in [6.45, 7) is 0.375. The van der Waals surface area contributed by atoms with Crippen molar-refractivity contribution in [1.29, 1.82) is 0 Å². The molecule has 0 amide bonds. The number of phenolic OH excluding ortho intramolecular Hbond substituents is 7. The van der Waals surface area contributed by atoms with Gasteiger partial charge in [-0.2, -0.15) is 0 Å². The van der Waals surface area contributed by atoms with Gasteiger partial charge in [0.25, 0.3) is 0 Å². The van der Waals surface area contributed by atoms with E-state index >= 15 is 0 Å². The molecule has 1 aliphatic heterocycles. The Bertz CT molecular complexity index is 1370. The zero-order valence-electron chi connectivity index (χ0n) is 20.7.